The van der Waals surface area contributed by atoms with E-state index in [1.807, 2.05) is 12.1 Å². The molecule has 0 radical (unpaired) electrons. The SMILES string of the molecule is CCC(CC1CC1)NCc1ccc(OC)c(Cl)c1. The molecule has 0 amide bonds. The van der Waals surface area contributed by atoms with Gasteiger partial charge in [-0.25, -0.2) is 0 Å². The van der Waals surface area contributed by atoms with Crippen molar-refractivity contribution in [3.8, 4) is 5.75 Å². The first-order chi connectivity index (χ1) is 8.72. The second kappa shape index (κ2) is 6.44. The summed E-state index contributed by atoms with van der Waals surface area (Å²) in [4.78, 5) is 0. The zero-order valence-electron chi connectivity index (χ0n) is 11.2. The molecule has 0 spiro atoms. The highest BCUT2D eigenvalue weighted by molar-refractivity contribution is 6.32. The molecule has 18 heavy (non-hydrogen) atoms. The van der Waals surface area contributed by atoms with Gasteiger partial charge in [-0.1, -0.05) is 37.4 Å². The van der Waals surface area contributed by atoms with E-state index in [1.54, 1.807) is 7.11 Å². The Morgan fingerprint density at radius 3 is 2.78 bits per heavy atom. The van der Waals surface area contributed by atoms with E-state index in [2.05, 4.69) is 18.3 Å². The summed E-state index contributed by atoms with van der Waals surface area (Å²) in [5.41, 5.74) is 1.22. The van der Waals surface area contributed by atoms with E-state index in [4.69, 9.17) is 16.3 Å². The van der Waals surface area contributed by atoms with Crippen LogP contribution in [0.4, 0.5) is 0 Å². The molecule has 1 aliphatic rings. The van der Waals surface area contributed by atoms with E-state index in [9.17, 15) is 0 Å². The molecule has 1 atom stereocenters. The molecule has 2 nitrogen and oxygen atoms in total. The van der Waals surface area contributed by atoms with Crippen molar-refractivity contribution in [1.82, 2.24) is 5.32 Å². The van der Waals surface area contributed by atoms with E-state index in [0.717, 1.165) is 18.2 Å². The largest absolute Gasteiger partial charge is 0.495 e. The second-order valence-corrected chi connectivity index (χ2v) is 5.54. The first-order valence-electron chi connectivity index (χ1n) is 6.78. The molecule has 1 aromatic carbocycles. The number of ether oxygens (including phenoxy) is 1. The van der Waals surface area contributed by atoms with Crippen LogP contribution in [0.5, 0.6) is 5.75 Å². The van der Waals surface area contributed by atoms with Crippen molar-refractivity contribution in [3.63, 3.8) is 0 Å². The molecule has 1 saturated carbocycles. The molecule has 3 heteroatoms. The summed E-state index contributed by atoms with van der Waals surface area (Å²) >= 11 is 6.12. The third-order valence-electron chi connectivity index (χ3n) is 3.62. The van der Waals surface area contributed by atoms with Gasteiger partial charge >= 0.3 is 0 Å². The zero-order valence-corrected chi connectivity index (χ0v) is 12.0. The minimum atomic E-state index is 0.637. The highest BCUT2D eigenvalue weighted by Crippen LogP contribution is 2.34. The van der Waals surface area contributed by atoms with Crippen LogP contribution in [0.15, 0.2) is 18.2 Å². The molecule has 1 N–H and O–H groups in total. The van der Waals surface area contributed by atoms with E-state index >= 15 is 0 Å². The molecule has 0 heterocycles. The molecule has 1 fully saturated rings. The van der Waals surface area contributed by atoms with Crippen LogP contribution in [0.2, 0.25) is 5.02 Å². The van der Waals surface area contributed by atoms with Crippen LogP contribution in [0, 0.1) is 5.92 Å². The molecule has 0 saturated heterocycles. The lowest BCUT2D eigenvalue weighted by Crippen LogP contribution is -2.28. The Morgan fingerprint density at radius 2 is 2.22 bits per heavy atom. The van der Waals surface area contributed by atoms with Gasteiger partial charge < -0.3 is 10.1 Å². The van der Waals surface area contributed by atoms with Crippen molar-refractivity contribution in [2.75, 3.05) is 7.11 Å². The fourth-order valence-corrected chi connectivity index (χ4v) is 2.51. The van der Waals surface area contributed by atoms with Gasteiger partial charge in [-0.3, -0.25) is 0 Å². The van der Waals surface area contributed by atoms with Crippen molar-refractivity contribution in [2.45, 2.75) is 45.2 Å². The lowest BCUT2D eigenvalue weighted by atomic mass is 10.1. The molecule has 1 aliphatic carbocycles. The summed E-state index contributed by atoms with van der Waals surface area (Å²) in [5.74, 6) is 1.72. The van der Waals surface area contributed by atoms with Crippen LogP contribution in [-0.2, 0) is 6.54 Å². The summed E-state index contributed by atoms with van der Waals surface area (Å²) in [6.07, 6.45) is 5.36. The molecule has 100 valence electrons. The molecule has 0 aromatic heterocycles. The minimum absolute atomic E-state index is 0.637. The van der Waals surface area contributed by atoms with E-state index in [1.165, 1.54) is 31.2 Å². The highest BCUT2D eigenvalue weighted by Gasteiger charge is 2.24. The Hall–Kier alpha value is -0.730. The second-order valence-electron chi connectivity index (χ2n) is 5.13. The number of halogens is 1. The fraction of sp³-hybridized carbons (Fsp3) is 0.600. The molecule has 0 aliphatic heterocycles. The van der Waals surface area contributed by atoms with E-state index < -0.39 is 0 Å². The maximum atomic E-state index is 6.12. The van der Waals surface area contributed by atoms with Gasteiger partial charge in [0.25, 0.3) is 0 Å². The van der Waals surface area contributed by atoms with Crippen LogP contribution in [0.1, 0.15) is 38.2 Å². The van der Waals surface area contributed by atoms with Crippen molar-refractivity contribution in [1.29, 1.82) is 0 Å². The average molecular weight is 268 g/mol. The van der Waals surface area contributed by atoms with Crippen molar-refractivity contribution >= 4 is 11.6 Å². The number of hydrogen-bond acceptors (Lipinski definition) is 2. The normalized spacial score (nSPS) is 16.6. The molecule has 1 aromatic rings. The van der Waals surface area contributed by atoms with E-state index in [-0.39, 0.29) is 0 Å². The predicted octanol–water partition coefficient (Wildman–Crippen LogP) is 4.02. The topological polar surface area (TPSA) is 21.3 Å². The molecular weight excluding hydrogens is 246 g/mol. The zero-order chi connectivity index (χ0) is 13.0. The minimum Gasteiger partial charge on any atom is -0.495 e. The number of nitrogens with one attached hydrogen (secondary N) is 1. The lowest BCUT2D eigenvalue weighted by Gasteiger charge is -2.17. The monoisotopic (exact) mass is 267 g/mol. The van der Waals surface area contributed by atoms with E-state index in [0.29, 0.717) is 11.1 Å². The predicted molar refractivity (Wildman–Crippen MR) is 76.3 cm³/mol. The first-order valence-corrected chi connectivity index (χ1v) is 7.16. The Bertz CT molecular complexity index is 390. The Labute approximate surface area is 115 Å². The average Bonchev–Trinajstić information content (AvgIpc) is 3.18. The summed E-state index contributed by atoms with van der Waals surface area (Å²) in [7, 11) is 1.64. The molecule has 2 rings (SSSR count). The number of hydrogen-bond donors (Lipinski definition) is 1. The quantitative estimate of drug-likeness (QED) is 0.806. The van der Waals surface area contributed by atoms with Gasteiger partial charge in [-0.05, 0) is 36.5 Å². The highest BCUT2D eigenvalue weighted by atomic mass is 35.5. The van der Waals surface area contributed by atoms with Crippen LogP contribution in [0.25, 0.3) is 0 Å². The summed E-state index contributed by atoms with van der Waals surface area (Å²) < 4.78 is 5.16. The third-order valence-corrected chi connectivity index (χ3v) is 3.91. The molecule has 1 unspecified atom stereocenters. The maximum Gasteiger partial charge on any atom is 0.137 e. The van der Waals surface area contributed by atoms with Gasteiger partial charge in [0.05, 0.1) is 12.1 Å². The van der Waals surface area contributed by atoms with Gasteiger partial charge in [-0.15, -0.1) is 0 Å². The van der Waals surface area contributed by atoms with Crippen LogP contribution >= 0.6 is 11.6 Å². The van der Waals surface area contributed by atoms with Gasteiger partial charge in [-0.2, -0.15) is 0 Å². The van der Waals surface area contributed by atoms with Crippen LogP contribution < -0.4 is 10.1 Å². The van der Waals surface area contributed by atoms with Gasteiger partial charge in [0.1, 0.15) is 5.75 Å². The van der Waals surface area contributed by atoms with Gasteiger partial charge in [0.15, 0.2) is 0 Å². The fourth-order valence-electron chi connectivity index (χ4n) is 2.23. The first kappa shape index (κ1) is 13.7. The Kier molecular flexibility index (Phi) is 4.90. The number of rotatable bonds is 7. The van der Waals surface area contributed by atoms with Crippen molar-refractivity contribution in [2.24, 2.45) is 5.92 Å². The molecular formula is C15H22ClNO. The Balaban J connectivity index is 1.86. The van der Waals surface area contributed by atoms with Crippen LogP contribution in [-0.4, -0.2) is 13.2 Å². The molecule has 0 bridgehead atoms. The maximum absolute atomic E-state index is 6.12. The summed E-state index contributed by atoms with van der Waals surface area (Å²) in [6.45, 7) is 3.13. The van der Waals surface area contributed by atoms with Crippen LogP contribution in [0.3, 0.4) is 0 Å². The van der Waals surface area contributed by atoms with Gasteiger partial charge in [0, 0.05) is 12.6 Å². The number of methoxy groups -OCH3 is 1. The van der Waals surface area contributed by atoms with Gasteiger partial charge in [0.2, 0.25) is 0 Å². The van der Waals surface area contributed by atoms with Crippen molar-refractivity contribution < 1.29 is 4.74 Å². The smallest absolute Gasteiger partial charge is 0.137 e. The third kappa shape index (κ3) is 3.89. The summed E-state index contributed by atoms with van der Waals surface area (Å²) in [6, 6.07) is 6.62. The van der Waals surface area contributed by atoms with Crippen molar-refractivity contribution in [3.05, 3.63) is 28.8 Å². The standard InChI is InChI=1S/C15H22ClNO/c1-3-13(8-11-4-5-11)17-10-12-6-7-15(18-2)14(16)9-12/h6-7,9,11,13,17H,3-5,8,10H2,1-2H3. The lowest BCUT2D eigenvalue weighted by molar-refractivity contribution is 0.414. The summed E-state index contributed by atoms with van der Waals surface area (Å²) in [5, 5.41) is 4.31. The number of benzene rings is 1. The Morgan fingerprint density at radius 1 is 1.44 bits per heavy atom.